The molecule has 0 fully saturated rings. The SMILES string of the molecule is CC/C=C\C/C=C\C/C=C\C/C=C\CCCCCCCCCCCCCOCC(CO)OC(=O)CCCCCCCCCCCCCCCCCCCCCCC. The van der Waals surface area contributed by atoms with Gasteiger partial charge in [0.25, 0.3) is 0 Å². The number of unbranched alkanes of at least 4 members (excludes halogenated alkanes) is 31. The molecule has 57 heavy (non-hydrogen) atoms. The van der Waals surface area contributed by atoms with Crippen LogP contribution in [-0.2, 0) is 14.3 Å². The summed E-state index contributed by atoms with van der Waals surface area (Å²) >= 11 is 0. The molecule has 0 aromatic rings. The molecule has 1 unspecified atom stereocenters. The van der Waals surface area contributed by atoms with Crippen molar-refractivity contribution >= 4 is 5.97 Å². The summed E-state index contributed by atoms with van der Waals surface area (Å²) in [6.07, 6.45) is 66.3. The molecule has 0 heterocycles. The molecule has 0 aromatic carbocycles. The van der Waals surface area contributed by atoms with E-state index in [1.54, 1.807) is 0 Å². The van der Waals surface area contributed by atoms with E-state index in [9.17, 15) is 9.90 Å². The lowest BCUT2D eigenvalue weighted by Gasteiger charge is -2.16. The van der Waals surface area contributed by atoms with Gasteiger partial charge in [0.05, 0.1) is 13.2 Å². The standard InChI is InChI=1S/C53H98O4/c1-3-5-7-9-11-13-15-17-19-21-23-25-26-27-29-31-33-35-37-39-41-43-45-47-49-56-51-52(50-54)57-53(55)48-46-44-42-40-38-36-34-32-30-28-24-22-20-18-16-14-12-10-8-6-4-2/h5,7,11,13,17,19,23,25,52,54H,3-4,6,8-10,12,14-16,18,20-22,24,26-51H2,1-2H3/b7-5-,13-11-,19-17-,25-23-. The Bertz CT molecular complexity index is 889. The van der Waals surface area contributed by atoms with E-state index < -0.39 is 6.10 Å². The first kappa shape index (κ1) is 55.4. The smallest absolute Gasteiger partial charge is 0.306 e. The van der Waals surface area contributed by atoms with Crippen LogP contribution in [0, 0.1) is 0 Å². The molecule has 0 rings (SSSR count). The van der Waals surface area contributed by atoms with Crippen molar-refractivity contribution in [1.29, 1.82) is 0 Å². The molecule has 334 valence electrons. The zero-order valence-electron chi connectivity index (χ0n) is 38.4. The maximum atomic E-state index is 12.3. The van der Waals surface area contributed by atoms with Gasteiger partial charge in [-0.3, -0.25) is 4.79 Å². The first-order chi connectivity index (χ1) is 28.2. The fraction of sp³-hybridized carbons (Fsp3) is 0.830. The van der Waals surface area contributed by atoms with Gasteiger partial charge in [-0.05, 0) is 51.4 Å². The van der Waals surface area contributed by atoms with Crippen molar-refractivity contribution in [2.24, 2.45) is 0 Å². The fourth-order valence-corrected chi connectivity index (χ4v) is 7.44. The molecule has 0 aliphatic carbocycles. The molecule has 1 N–H and O–H groups in total. The van der Waals surface area contributed by atoms with Gasteiger partial charge in [-0.1, -0.05) is 249 Å². The molecule has 0 amide bonds. The average Bonchev–Trinajstić information content (AvgIpc) is 3.22. The number of hydrogen-bond acceptors (Lipinski definition) is 4. The van der Waals surface area contributed by atoms with Crippen LogP contribution < -0.4 is 0 Å². The molecule has 4 nitrogen and oxygen atoms in total. The predicted octanol–water partition coefficient (Wildman–Crippen LogP) is 17.0. The Morgan fingerprint density at radius 1 is 0.439 bits per heavy atom. The van der Waals surface area contributed by atoms with Gasteiger partial charge in [-0.2, -0.15) is 0 Å². The van der Waals surface area contributed by atoms with Crippen LogP contribution in [0.15, 0.2) is 48.6 Å². The van der Waals surface area contributed by atoms with Crippen LogP contribution in [0.5, 0.6) is 0 Å². The second-order valence-corrected chi connectivity index (χ2v) is 16.9. The van der Waals surface area contributed by atoms with E-state index in [1.165, 1.54) is 193 Å². The topological polar surface area (TPSA) is 55.8 Å². The average molecular weight is 799 g/mol. The fourth-order valence-electron chi connectivity index (χ4n) is 7.44. The van der Waals surface area contributed by atoms with Crippen molar-refractivity contribution < 1.29 is 19.4 Å². The second-order valence-electron chi connectivity index (χ2n) is 16.9. The van der Waals surface area contributed by atoms with Crippen LogP contribution in [0.1, 0.15) is 258 Å². The Morgan fingerprint density at radius 3 is 1.19 bits per heavy atom. The van der Waals surface area contributed by atoms with Crippen LogP contribution in [0.4, 0.5) is 0 Å². The molecule has 1 atom stereocenters. The van der Waals surface area contributed by atoms with Gasteiger partial charge in [-0.25, -0.2) is 0 Å². The van der Waals surface area contributed by atoms with Crippen LogP contribution in [0.2, 0.25) is 0 Å². The highest BCUT2D eigenvalue weighted by atomic mass is 16.6. The minimum absolute atomic E-state index is 0.170. The normalized spacial score (nSPS) is 12.7. The Morgan fingerprint density at radius 2 is 0.789 bits per heavy atom. The third-order valence-corrected chi connectivity index (χ3v) is 11.2. The largest absolute Gasteiger partial charge is 0.457 e. The molecular weight excluding hydrogens is 701 g/mol. The summed E-state index contributed by atoms with van der Waals surface area (Å²) in [5.41, 5.74) is 0. The van der Waals surface area contributed by atoms with Gasteiger partial charge in [0.1, 0.15) is 6.10 Å². The van der Waals surface area contributed by atoms with Crippen molar-refractivity contribution in [3.8, 4) is 0 Å². The van der Waals surface area contributed by atoms with E-state index in [2.05, 4.69) is 62.5 Å². The lowest BCUT2D eigenvalue weighted by molar-refractivity contribution is -0.154. The van der Waals surface area contributed by atoms with E-state index in [0.717, 1.165) is 44.9 Å². The number of carbonyl (C=O) groups is 1. The monoisotopic (exact) mass is 799 g/mol. The van der Waals surface area contributed by atoms with Gasteiger partial charge in [0, 0.05) is 13.0 Å². The minimum atomic E-state index is -0.535. The summed E-state index contributed by atoms with van der Waals surface area (Å²) < 4.78 is 11.2. The second kappa shape index (κ2) is 50.5. The summed E-state index contributed by atoms with van der Waals surface area (Å²) in [7, 11) is 0. The number of allylic oxidation sites excluding steroid dienone is 8. The van der Waals surface area contributed by atoms with E-state index in [4.69, 9.17) is 9.47 Å². The molecule has 0 spiro atoms. The lowest BCUT2D eigenvalue weighted by Crippen LogP contribution is -2.27. The highest BCUT2D eigenvalue weighted by molar-refractivity contribution is 5.69. The Balaban J connectivity index is 3.39. The van der Waals surface area contributed by atoms with Gasteiger partial charge >= 0.3 is 5.97 Å². The molecule has 0 aromatic heterocycles. The van der Waals surface area contributed by atoms with E-state index in [0.29, 0.717) is 19.6 Å². The first-order valence-corrected chi connectivity index (χ1v) is 25.2. The molecular formula is C53H98O4. The number of hydrogen-bond donors (Lipinski definition) is 1. The Kier molecular flexibility index (Phi) is 49.0. The predicted molar refractivity (Wildman–Crippen MR) is 251 cm³/mol. The van der Waals surface area contributed by atoms with Crippen molar-refractivity contribution in [2.45, 2.75) is 264 Å². The van der Waals surface area contributed by atoms with Gasteiger partial charge in [-0.15, -0.1) is 0 Å². The van der Waals surface area contributed by atoms with Gasteiger partial charge in [0.15, 0.2) is 0 Å². The highest BCUT2D eigenvalue weighted by Gasteiger charge is 2.13. The molecule has 0 saturated carbocycles. The molecule has 0 saturated heterocycles. The zero-order chi connectivity index (χ0) is 41.2. The summed E-state index contributed by atoms with van der Waals surface area (Å²) in [5.74, 6) is -0.197. The van der Waals surface area contributed by atoms with Crippen molar-refractivity contribution in [1.82, 2.24) is 0 Å². The summed E-state index contributed by atoms with van der Waals surface area (Å²) in [4.78, 5) is 12.3. The Labute approximate surface area is 356 Å². The van der Waals surface area contributed by atoms with Crippen LogP contribution in [-0.4, -0.2) is 37.0 Å². The van der Waals surface area contributed by atoms with Crippen LogP contribution in [0.3, 0.4) is 0 Å². The first-order valence-electron chi connectivity index (χ1n) is 25.2. The van der Waals surface area contributed by atoms with Gasteiger partial charge < -0.3 is 14.6 Å². The van der Waals surface area contributed by atoms with Crippen LogP contribution >= 0.6 is 0 Å². The van der Waals surface area contributed by atoms with E-state index in [1.807, 2.05) is 0 Å². The number of aliphatic hydroxyl groups is 1. The number of rotatable bonds is 47. The third kappa shape index (κ3) is 48.6. The quantitative estimate of drug-likeness (QED) is 0.0378. The molecule has 0 aliphatic heterocycles. The number of ether oxygens (including phenoxy) is 2. The number of esters is 1. The molecule has 4 heteroatoms. The number of carbonyl (C=O) groups excluding carboxylic acids is 1. The zero-order valence-corrected chi connectivity index (χ0v) is 38.4. The maximum Gasteiger partial charge on any atom is 0.306 e. The number of aliphatic hydroxyl groups excluding tert-OH is 1. The molecule has 0 bridgehead atoms. The van der Waals surface area contributed by atoms with Crippen LogP contribution in [0.25, 0.3) is 0 Å². The maximum absolute atomic E-state index is 12.3. The van der Waals surface area contributed by atoms with E-state index in [-0.39, 0.29) is 12.6 Å². The molecule has 0 aliphatic rings. The van der Waals surface area contributed by atoms with Gasteiger partial charge in [0.2, 0.25) is 0 Å². The summed E-state index contributed by atoms with van der Waals surface area (Å²) in [5, 5.41) is 9.65. The molecule has 0 radical (unpaired) electrons. The van der Waals surface area contributed by atoms with Crippen molar-refractivity contribution in [3.63, 3.8) is 0 Å². The summed E-state index contributed by atoms with van der Waals surface area (Å²) in [6, 6.07) is 0. The van der Waals surface area contributed by atoms with E-state index >= 15 is 0 Å². The van der Waals surface area contributed by atoms with Crippen molar-refractivity contribution in [3.05, 3.63) is 48.6 Å². The highest BCUT2D eigenvalue weighted by Crippen LogP contribution is 2.16. The van der Waals surface area contributed by atoms with Crippen molar-refractivity contribution in [2.75, 3.05) is 19.8 Å². The minimum Gasteiger partial charge on any atom is -0.457 e. The Hall–Kier alpha value is -1.65. The summed E-state index contributed by atoms with van der Waals surface area (Å²) in [6.45, 7) is 5.27. The lowest BCUT2D eigenvalue weighted by atomic mass is 10.0. The third-order valence-electron chi connectivity index (χ3n) is 11.2.